The minimum absolute atomic E-state index is 0.692. The first kappa shape index (κ1) is 9.91. The number of rotatable bonds is 2. The van der Waals surface area contributed by atoms with Gasteiger partial charge in [-0.3, -0.25) is 0 Å². The van der Waals surface area contributed by atoms with Crippen LogP contribution in [0.2, 0.25) is 10.0 Å². The highest BCUT2D eigenvalue weighted by Crippen LogP contribution is 2.21. The highest BCUT2D eigenvalue weighted by molar-refractivity contribution is 6.33. The van der Waals surface area contributed by atoms with Crippen LogP contribution < -0.4 is 0 Å². The van der Waals surface area contributed by atoms with Crippen LogP contribution in [0, 0.1) is 0 Å². The highest BCUT2D eigenvalue weighted by Gasteiger charge is 1.98. The highest BCUT2D eigenvalue weighted by atomic mass is 35.5. The smallest absolute Gasteiger partial charge is 0.0442 e. The van der Waals surface area contributed by atoms with Crippen molar-refractivity contribution in [3.8, 4) is 0 Å². The molecule has 1 rings (SSSR count). The first-order chi connectivity index (χ1) is 5.74. The first-order valence-corrected chi connectivity index (χ1v) is 4.62. The summed E-state index contributed by atoms with van der Waals surface area (Å²) < 4.78 is 0. The Morgan fingerprint density at radius 3 is 2.67 bits per heavy atom. The SMILES string of the molecule is ClC=CCc1cc(Cl)ccc1Cl. The van der Waals surface area contributed by atoms with Gasteiger partial charge in [0.05, 0.1) is 0 Å². The molecule has 0 heterocycles. The summed E-state index contributed by atoms with van der Waals surface area (Å²) in [5.41, 5.74) is 2.46. The summed E-state index contributed by atoms with van der Waals surface area (Å²) in [6.07, 6.45) is 2.53. The van der Waals surface area contributed by atoms with E-state index in [1.165, 1.54) is 5.54 Å². The summed E-state index contributed by atoms with van der Waals surface area (Å²) in [5, 5.41) is 1.41. The molecule has 0 amide bonds. The minimum atomic E-state index is 0.692. The van der Waals surface area contributed by atoms with Gasteiger partial charge >= 0.3 is 0 Å². The molecule has 0 N–H and O–H groups in total. The molecule has 0 atom stereocenters. The predicted molar refractivity (Wildman–Crippen MR) is 55.2 cm³/mol. The fourth-order valence-corrected chi connectivity index (χ4v) is 1.35. The maximum Gasteiger partial charge on any atom is 0.0442 e. The molecule has 0 saturated carbocycles. The van der Waals surface area contributed by atoms with Crippen LogP contribution in [0.1, 0.15) is 5.56 Å². The summed E-state index contributed by atoms with van der Waals surface area (Å²) >= 11 is 17.1. The number of halogens is 3. The topological polar surface area (TPSA) is 0 Å². The number of benzene rings is 1. The van der Waals surface area contributed by atoms with E-state index >= 15 is 0 Å². The number of hydrogen-bond donors (Lipinski definition) is 0. The molecule has 0 nitrogen and oxygen atoms in total. The van der Waals surface area contributed by atoms with Gasteiger partial charge in [0.15, 0.2) is 0 Å². The quantitative estimate of drug-likeness (QED) is 0.699. The Labute approximate surface area is 86.7 Å². The van der Waals surface area contributed by atoms with Crippen molar-refractivity contribution in [2.24, 2.45) is 0 Å². The molecule has 0 aliphatic rings. The summed E-state index contributed by atoms with van der Waals surface area (Å²) in [6.45, 7) is 0. The van der Waals surface area contributed by atoms with E-state index in [1.807, 2.05) is 12.1 Å². The molecule has 3 heteroatoms. The summed E-state index contributed by atoms with van der Waals surface area (Å²) in [4.78, 5) is 0. The van der Waals surface area contributed by atoms with Crippen LogP contribution in [-0.2, 0) is 6.42 Å². The Kier molecular flexibility index (Phi) is 3.93. The number of allylic oxidation sites excluding steroid dienone is 1. The molecule has 64 valence electrons. The van der Waals surface area contributed by atoms with Crippen molar-refractivity contribution in [1.29, 1.82) is 0 Å². The van der Waals surface area contributed by atoms with Gasteiger partial charge in [-0.25, -0.2) is 0 Å². The lowest BCUT2D eigenvalue weighted by Crippen LogP contribution is -1.82. The Bertz CT molecular complexity index is 292. The van der Waals surface area contributed by atoms with Crippen LogP contribution in [0.15, 0.2) is 29.8 Å². The largest absolute Gasteiger partial charge is 0.0933 e. The molecular formula is C9H7Cl3. The molecule has 0 bridgehead atoms. The van der Waals surface area contributed by atoms with E-state index in [2.05, 4.69) is 0 Å². The fraction of sp³-hybridized carbons (Fsp3) is 0.111. The van der Waals surface area contributed by atoms with Crippen molar-refractivity contribution in [2.75, 3.05) is 0 Å². The minimum Gasteiger partial charge on any atom is -0.0933 e. The van der Waals surface area contributed by atoms with Gasteiger partial charge in [-0.15, -0.1) is 0 Å². The molecule has 0 aliphatic heterocycles. The maximum absolute atomic E-state index is 5.90. The van der Waals surface area contributed by atoms with Crippen LogP contribution in [0.3, 0.4) is 0 Å². The third-order valence-corrected chi connectivity index (χ3v) is 2.22. The Morgan fingerprint density at radius 2 is 2.00 bits per heavy atom. The average Bonchev–Trinajstić information content (AvgIpc) is 2.07. The molecule has 12 heavy (non-hydrogen) atoms. The van der Waals surface area contributed by atoms with Crippen molar-refractivity contribution in [3.05, 3.63) is 45.4 Å². The second kappa shape index (κ2) is 4.76. The molecule has 1 aromatic carbocycles. The van der Waals surface area contributed by atoms with Crippen molar-refractivity contribution in [3.63, 3.8) is 0 Å². The van der Waals surface area contributed by atoms with Crippen LogP contribution in [0.5, 0.6) is 0 Å². The first-order valence-electron chi connectivity index (χ1n) is 3.43. The summed E-state index contributed by atoms with van der Waals surface area (Å²) in [5.74, 6) is 0. The second-order valence-corrected chi connectivity index (χ2v) is 3.40. The van der Waals surface area contributed by atoms with Crippen LogP contribution in [0.4, 0.5) is 0 Å². The van der Waals surface area contributed by atoms with Gasteiger partial charge in [-0.05, 0) is 30.2 Å². The van der Waals surface area contributed by atoms with Gasteiger partial charge in [-0.2, -0.15) is 0 Å². The summed E-state index contributed by atoms with van der Waals surface area (Å²) in [7, 11) is 0. The monoisotopic (exact) mass is 220 g/mol. The Hall–Kier alpha value is -0.170. The normalized spacial score (nSPS) is 10.9. The van der Waals surface area contributed by atoms with E-state index in [1.54, 1.807) is 12.1 Å². The molecule has 0 spiro atoms. The molecule has 0 radical (unpaired) electrons. The van der Waals surface area contributed by atoms with E-state index in [4.69, 9.17) is 34.8 Å². The molecule has 0 saturated heterocycles. The maximum atomic E-state index is 5.90. The molecule has 0 fully saturated rings. The third-order valence-electron chi connectivity index (χ3n) is 1.43. The molecular weight excluding hydrogens is 214 g/mol. The van der Waals surface area contributed by atoms with Gasteiger partial charge in [0.25, 0.3) is 0 Å². The standard InChI is InChI=1S/C9H7Cl3/c10-5-1-2-7-6-8(11)3-4-9(7)12/h1,3-6H,2H2. The van der Waals surface area contributed by atoms with Gasteiger partial charge in [0, 0.05) is 15.6 Å². The lowest BCUT2D eigenvalue weighted by Gasteiger charge is -2.00. The van der Waals surface area contributed by atoms with E-state index in [0.717, 1.165) is 5.56 Å². The zero-order valence-corrected chi connectivity index (χ0v) is 8.50. The van der Waals surface area contributed by atoms with E-state index in [-0.39, 0.29) is 0 Å². The molecule has 1 aromatic rings. The van der Waals surface area contributed by atoms with Crippen molar-refractivity contribution >= 4 is 34.8 Å². The van der Waals surface area contributed by atoms with Crippen molar-refractivity contribution in [1.82, 2.24) is 0 Å². The second-order valence-electron chi connectivity index (χ2n) is 2.30. The molecule has 0 aliphatic carbocycles. The van der Waals surface area contributed by atoms with Gasteiger partial charge < -0.3 is 0 Å². The van der Waals surface area contributed by atoms with Crippen molar-refractivity contribution < 1.29 is 0 Å². The molecule has 0 aromatic heterocycles. The van der Waals surface area contributed by atoms with Crippen LogP contribution >= 0.6 is 34.8 Å². The van der Waals surface area contributed by atoms with Gasteiger partial charge in [-0.1, -0.05) is 40.9 Å². The zero-order valence-electron chi connectivity index (χ0n) is 6.23. The van der Waals surface area contributed by atoms with Crippen LogP contribution in [0.25, 0.3) is 0 Å². The molecule has 0 unspecified atom stereocenters. The summed E-state index contributed by atoms with van der Waals surface area (Å²) in [6, 6.07) is 5.37. The van der Waals surface area contributed by atoms with Crippen molar-refractivity contribution in [2.45, 2.75) is 6.42 Å². The lowest BCUT2D eigenvalue weighted by atomic mass is 10.1. The van der Waals surface area contributed by atoms with Gasteiger partial charge in [0.2, 0.25) is 0 Å². The van der Waals surface area contributed by atoms with Crippen LogP contribution in [-0.4, -0.2) is 0 Å². The zero-order chi connectivity index (χ0) is 8.97. The fourth-order valence-electron chi connectivity index (χ4n) is 0.871. The third kappa shape index (κ3) is 2.71. The van der Waals surface area contributed by atoms with E-state index < -0.39 is 0 Å². The average molecular weight is 222 g/mol. The lowest BCUT2D eigenvalue weighted by molar-refractivity contribution is 1.28. The van der Waals surface area contributed by atoms with E-state index in [0.29, 0.717) is 16.5 Å². The predicted octanol–water partition coefficient (Wildman–Crippen LogP) is 4.29. The Balaban J connectivity index is 2.89. The Morgan fingerprint density at radius 1 is 1.25 bits per heavy atom. The number of hydrogen-bond acceptors (Lipinski definition) is 0. The van der Waals surface area contributed by atoms with Gasteiger partial charge in [0.1, 0.15) is 0 Å². The van der Waals surface area contributed by atoms with E-state index in [9.17, 15) is 0 Å².